The number of hydrogen-bond acceptors (Lipinski definition) is 9. The second-order valence-electron chi connectivity index (χ2n) is 10.6. The third kappa shape index (κ3) is 6.42. The number of carbonyl (C=O) groups is 2. The molecule has 2 fully saturated rings. The van der Waals surface area contributed by atoms with Gasteiger partial charge in [0, 0.05) is 62.9 Å². The molecule has 3 N–H and O–H groups in total. The lowest BCUT2D eigenvalue weighted by Crippen LogP contribution is -2.39. The van der Waals surface area contributed by atoms with Crippen LogP contribution in [-0.2, 0) is 4.74 Å². The van der Waals surface area contributed by atoms with Crippen molar-refractivity contribution in [2.24, 2.45) is 0 Å². The zero-order valence-corrected chi connectivity index (χ0v) is 24.2. The van der Waals surface area contributed by atoms with Crippen LogP contribution >= 0.6 is 0 Å². The van der Waals surface area contributed by atoms with Gasteiger partial charge in [0.2, 0.25) is 0 Å². The van der Waals surface area contributed by atoms with Crippen molar-refractivity contribution in [1.82, 2.24) is 40.3 Å². The highest BCUT2D eigenvalue weighted by Crippen LogP contribution is 2.32. The molecule has 4 aromatic rings. The summed E-state index contributed by atoms with van der Waals surface area (Å²) in [6, 6.07) is 11.0. The van der Waals surface area contributed by atoms with Gasteiger partial charge in [0.25, 0.3) is 5.91 Å². The number of nitrogens with one attached hydrogen (secondary N) is 3. The fourth-order valence-electron chi connectivity index (χ4n) is 5.49. The Morgan fingerprint density at radius 3 is 2.49 bits per heavy atom. The molecule has 2 saturated heterocycles. The Hall–Kier alpha value is -4.62. The first-order valence-corrected chi connectivity index (χ1v) is 14.7. The highest BCUT2D eigenvalue weighted by molar-refractivity contribution is 5.94. The molecule has 3 amide bonds. The number of rotatable bonds is 8. The van der Waals surface area contributed by atoms with Crippen LogP contribution in [0.5, 0.6) is 0 Å². The zero-order chi connectivity index (χ0) is 29.6. The number of fused-ring (bicyclic) bond motifs is 1. The number of benzene rings is 1. The smallest absolute Gasteiger partial charge is 0.319 e. The van der Waals surface area contributed by atoms with Gasteiger partial charge in [0.1, 0.15) is 5.82 Å². The summed E-state index contributed by atoms with van der Waals surface area (Å²) in [5, 5.41) is 14.4. The normalized spacial score (nSPS) is 15.9. The van der Waals surface area contributed by atoms with E-state index in [1.165, 1.54) is 0 Å². The van der Waals surface area contributed by atoms with Crippen molar-refractivity contribution in [3.8, 4) is 11.4 Å². The third-order valence-electron chi connectivity index (χ3n) is 7.81. The Kier molecular flexibility index (Phi) is 8.70. The minimum absolute atomic E-state index is 0.00414. The Morgan fingerprint density at radius 2 is 1.77 bits per heavy atom. The van der Waals surface area contributed by atoms with Crippen LogP contribution < -0.4 is 20.9 Å². The Bertz CT molecular complexity index is 1550. The van der Waals surface area contributed by atoms with E-state index in [0.29, 0.717) is 56.5 Å². The first kappa shape index (κ1) is 28.5. The molecule has 2 aliphatic heterocycles. The van der Waals surface area contributed by atoms with Gasteiger partial charge in [-0.2, -0.15) is 5.10 Å². The fourth-order valence-corrected chi connectivity index (χ4v) is 5.49. The summed E-state index contributed by atoms with van der Waals surface area (Å²) in [5.74, 6) is 1.43. The number of urea groups is 1. The minimum atomic E-state index is -0.257. The SMILES string of the molecule is CNCCNC(=O)Nc1ccc(-c2nc(N3CCOCC3)c3cnn(C4CCN(C(=O)c5cccnc5)CC4)c3n2)cc1. The van der Waals surface area contributed by atoms with Crippen LogP contribution in [0.15, 0.2) is 55.0 Å². The summed E-state index contributed by atoms with van der Waals surface area (Å²) in [6.07, 6.45) is 6.68. The largest absolute Gasteiger partial charge is 0.378 e. The topological polar surface area (TPSA) is 142 Å². The van der Waals surface area contributed by atoms with E-state index < -0.39 is 0 Å². The molecule has 3 aromatic heterocycles. The molecular formula is C30H36N10O3. The lowest BCUT2D eigenvalue weighted by atomic mass is 10.0. The highest BCUT2D eigenvalue weighted by atomic mass is 16.5. The molecule has 0 spiro atoms. The first-order valence-electron chi connectivity index (χ1n) is 14.7. The molecule has 43 heavy (non-hydrogen) atoms. The number of aromatic nitrogens is 5. The number of likely N-dealkylation sites (N-methyl/N-ethyl adjacent to an activating group) is 1. The van der Waals surface area contributed by atoms with Crippen LogP contribution in [0, 0.1) is 0 Å². The quantitative estimate of drug-likeness (QED) is 0.266. The van der Waals surface area contributed by atoms with E-state index in [-0.39, 0.29) is 18.0 Å². The van der Waals surface area contributed by atoms with Crippen LogP contribution in [0.2, 0.25) is 0 Å². The number of morpholine rings is 1. The highest BCUT2D eigenvalue weighted by Gasteiger charge is 2.28. The van der Waals surface area contributed by atoms with Crippen molar-refractivity contribution in [2.45, 2.75) is 18.9 Å². The number of likely N-dealkylation sites (tertiary alicyclic amines) is 1. The van der Waals surface area contributed by atoms with E-state index in [2.05, 4.69) is 25.8 Å². The Labute approximate surface area is 249 Å². The summed E-state index contributed by atoms with van der Waals surface area (Å²) in [4.78, 5) is 43.4. The van der Waals surface area contributed by atoms with Gasteiger partial charge in [0.05, 0.1) is 36.4 Å². The predicted octanol–water partition coefficient (Wildman–Crippen LogP) is 2.54. The van der Waals surface area contributed by atoms with Gasteiger partial charge in [-0.25, -0.2) is 19.4 Å². The van der Waals surface area contributed by atoms with Crippen molar-refractivity contribution < 1.29 is 14.3 Å². The molecule has 224 valence electrons. The standard InChI is InChI=1S/C30H36N10O3/c1-31-11-12-33-30(42)35-23-6-4-21(5-7-23)26-36-27(38-15-17-43-18-16-38)25-20-34-40(28(25)37-26)24-8-13-39(14-9-24)29(41)22-3-2-10-32-19-22/h2-7,10,19-20,24,31H,8-9,11-18H2,1H3,(H2,33,35,42). The number of amides is 3. The number of ether oxygens (including phenoxy) is 1. The van der Waals surface area contributed by atoms with Crippen molar-refractivity contribution in [3.63, 3.8) is 0 Å². The maximum Gasteiger partial charge on any atom is 0.319 e. The summed E-state index contributed by atoms with van der Waals surface area (Å²) in [7, 11) is 1.84. The van der Waals surface area contributed by atoms with Gasteiger partial charge in [0.15, 0.2) is 11.5 Å². The number of pyridine rings is 1. The second kappa shape index (κ2) is 13.1. The molecule has 6 rings (SSSR count). The molecule has 0 bridgehead atoms. The van der Waals surface area contributed by atoms with E-state index >= 15 is 0 Å². The minimum Gasteiger partial charge on any atom is -0.378 e. The number of anilines is 2. The van der Waals surface area contributed by atoms with Crippen LogP contribution in [0.1, 0.15) is 29.2 Å². The van der Waals surface area contributed by atoms with Gasteiger partial charge in [-0.1, -0.05) is 0 Å². The molecule has 0 unspecified atom stereocenters. The number of carbonyl (C=O) groups excluding carboxylic acids is 2. The zero-order valence-electron chi connectivity index (χ0n) is 24.2. The van der Waals surface area contributed by atoms with Gasteiger partial charge in [-0.05, 0) is 56.3 Å². The van der Waals surface area contributed by atoms with E-state index in [1.807, 2.05) is 47.1 Å². The molecule has 0 atom stereocenters. The van der Waals surface area contributed by atoms with Crippen LogP contribution in [0.25, 0.3) is 22.4 Å². The van der Waals surface area contributed by atoms with E-state index in [4.69, 9.17) is 19.8 Å². The van der Waals surface area contributed by atoms with E-state index in [1.54, 1.807) is 24.5 Å². The monoisotopic (exact) mass is 584 g/mol. The van der Waals surface area contributed by atoms with Crippen LogP contribution in [-0.4, -0.2) is 101 Å². The summed E-state index contributed by atoms with van der Waals surface area (Å²) in [6.45, 7) is 5.22. The fraction of sp³-hybridized carbons (Fsp3) is 0.400. The van der Waals surface area contributed by atoms with Crippen LogP contribution in [0.4, 0.5) is 16.3 Å². The lowest BCUT2D eigenvalue weighted by molar-refractivity contribution is 0.0691. The third-order valence-corrected chi connectivity index (χ3v) is 7.81. The van der Waals surface area contributed by atoms with E-state index in [0.717, 1.165) is 48.3 Å². The maximum atomic E-state index is 13.0. The van der Waals surface area contributed by atoms with Gasteiger partial charge < -0.3 is 30.5 Å². The summed E-state index contributed by atoms with van der Waals surface area (Å²) >= 11 is 0. The van der Waals surface area contributed by atoms with Gasteiger partial charge in [-0.15, -0.1) is 0 Å². The molecule has 0 aliphatic carbocycles. The Balaban J connectivity index is 1.25. The first-order chi connectivity index (χ1) is 21.1. The molecule has 13 nitrogen and oxygen atoms in total. The molecule has 0 saturated carbocycles. The van der Waals surface area contributed by atoms with Crippen LogP contribution in [0.3, 0.4) is 0 Å². The number of hydrogen-bond donors (Lipinski definition) is 3. The van der Waals surface area contributed by atoms with Crippen molar-refractivity contribution in [2.75, 3.05) is 69.7 Å². The van der Waals surface area contributed by atoms with Crippen molar-refractivity contribution in [1.29, 1.82) is 0 Å². The number of piperidine rings is 1. The Morgan fingerprint density at radius 1 is 0.977 bits per heavy atom. The molecule has 2 aliphatic rings. The molecule has 5 heterocycles. The molecule has 1 aromatic carbocycles. The average molecular weight is 585 g/mol. The summed E-state index contributed by atoms with van der Waals surface area (Å²) < 4.78 is 7.60. The van der Waals surface area contributed by atoms with Crippen molar-refractivity contribution in [3.05, 3.63) is 60.6 Å². The van der Waals surface area contributed by atoms with E-state index in [9.17, 15) is 9.59 Å². The van der Waals surface area contributed by atoms with Gasteiger partial charge >= 0.3 is 6.03 Å². The molecular weight excluding hydrogens is 548 g/mol. The lowest BCUT2D eigenvalue weighted by Gasteiger charge is -2.32. The molecule has 13 heteroatoms. The van der Waals surface area contributed by atoms with Gasteiger partial charge in [-0.3, -0.25) is 9.78 Å². The summed E-state index contributed by atoms with van der Waals surface area (Å²) in [5.41, 5.74) is 2.89. The maximum absolute atomic E-state index is 13.0. The van der Waals surface area contributed by atoms with Crippen molar-refractivity contribution >= 4 is 34.5 Å². The average Bonchev–Trinajstić information content (AvgIpc) is 3.49. The second-order valence-corrected chi connectivity index (χ2v) is 10.6. The molecule has 0 radical (unpaired) electrons. The predicted molar refractivity (Wildman–Crippen MR) is 163 cm³/mol. The number of nitrogens with zero attached hydrogens (tertiary/aromatic N) is 7.